The zero-order valence-corrected chi connectivity index (χ0v) is 12.5. The van der Waals surface area contributed by atoms with Gasteiger partial charge in [-0.2, -0.15) is 0 Å². The predicted molar refractivity (Wildman–Crippen MR) is 82.8 cm³/mol. The summed E-state index contributed by atoms with van der Waals surface area (Å²) in [6.45, 7) is 0. The van der Waals surface area contributed by atoms with E-state index < -0.39 is 0 Å². The van der Waals surface area contributed by atoms with Crippen molar-refractivity contribution in [3.8, 4) is 5.75 Å². The lowest BCUT2D eigenvalue weighted by Gasteiger charge is -2.22. The van der Waals surface area contributed by atoms with Gasteiger partial charge in [-0.25, -0.2) is 4.39 Å². The topological polar surface area (TPSA) is 47.3 Å². The van der Waals surface area contributed by atoms with Crippen molar-refractivity contribution < 1.29 is 9.13 Å². The lowest BCUT2D eigenvalue weighted by atomic mass is 9.99. The van der Waals surface area contributed by atoms with E-state index >= 15 is 0 Å². The molecule has 2 unspecified atom stereocenters. The highest BCUT2D eigenvalue weighted by Gasteiger charge is 2.30. The van der Waals surface area contributed by atoms with E-state index in [9.17, 15) is 4.39 Å². The second kappa shape index (κ2) is 6.05. The lowest BCUT2D eigenvalue weighted by molar-refractivity contribution is 0.385. The Hall–Kier alpha value is -1.56. The number of benzene rings is 2. The predicted octanol–water partition coefficient (Wildman–Crippen LogP) is 3.06. The summed E-state index contributed by atoms with van der Waals surface area (Å²) in [6, 6.07) is 13.2. The number of nitrogens with one attached hydrogen (secondary N) is 1. The number of nitrogens with two attached hydrogens (primary N) is 1. The molecule has 0 saturated carbocycles. The van der Waals surface area contributed by atoms with Crippen LogP contribution in [0.25, 0.3) is 0 Å². The third-order valence-electron chi connectivity index (χ3n) is 3.76. The second-order valence-electron chi connectivity index (χ2n) is 5.01. The standard InChI is InChI=1S/C16H17FN2OS/c1-20-13-7-6-11(8-12(13)17)16(19-18)15-9-10-4-2-3-5-14(10)21-15/h2-8,15-16,19H,9,18H2,1H3. The summed E-state index contributed by atoms with van der Waals surface area (Å²) >= 11 is 1.78. The van der Waals surface area contributed by atoms with Crippen LogP contribution in [0.1, 0.15) is 17.2 Å². The number of methoxy groups -OCH3 is 1. The lowest BCUT2D eigenvalue weighted by Crippen LogP contribution is -2.35. The molecule has 3 N–H and O–H groups in total. The first-order valence-corrected chi connectivity index (χ1v) is 7.65. The van der Waals surface area contributed by atoms with E-state index in [0.717, 1.165) is 12.0 Å². The van der Waals surface area contributed by atoms with Gasteiger partial charge in [-0.1, -0.05) is 24.3 Å². The minimum Gasteiger partial charge on any atom is -0.494 e. The normalized spacial score (nSPS) is 18.3. The van der Waals surface area contributed by atoms with Crippen LogP contribution < -0.4 is 16.0 Å². The number of halogens is 1. The molecule has 1 heterocycles. The molecular weight excluding hydrogens is 287 g/mol. The Morgan fingerprint density at radius 3 is 2.81 bits per heavy atom. The Morgan fingerprint density at radius 2 is 2.14 bits per heavy atom. The molecule has 0 amide bonds. The molecule has 1 aliphatic heterocycles. The van der Waals surface area contributed by atoms with E-state index in [1.165, 1.54) is 23.6 Å². The molecule has 3 rings (SSSR count). The van der Waals surface area contributed by atoms with Crippen molar-refractivity contribution in [2.75, 3.05) is 7.11 Å². The van der Waals surface area contributed by atoms with Gasteiger partial charge in [-0.3, -0.25) is 11.3 Å². The maximum atomic E-state index is 13.9. The van der Waals surface area contributed by atoms with Crippen molar-refractivity contribution in [2.24, 2.45) is 5.84 Å². The van der Waals surface area contributed by atoms with Crippen LogP contribution in [0.15, 0.2) is 47.4 Å². The van der Waals surface area contributed by atoms with Crippen LogP contribution in [0.2, 0.25) is 0 Å². The van der Waals surface area contributed by atoms with Crippen LogP contribution in [0.4, 0.5) is 4.39 Å². The van der Waals surface area contributed by atoms with Gasteiger partial charge >= 0.3 is 0 Å². The van der Waals surface area contributed by atoms with E-state index in [-0.39, 0.29) is 22.9 Å². The maximum Gasteiger partial charge on any atom is 0.165 e. The molecule has 2 aromatic rings. The van der Waals surface area contributed by atoms with E-state index in [2.05, 4.69) is 17.6 Å². The van der Waals surface area contributed by atoms with Gasteiger partial charge in [0, 0.05) is 10.1 Å². The van der Waals surface area contributed by atoms with E-state index in [1.54, 1.807) is 17.8 Å². The van der Waals surface area contributed by atoms with E-state index in [4.69, 9.17) is 10.6 Å². The van der Waals surface area contributed by atoms with Crippen molar-refractivity contribution in [3.63, 3.8) is 0 Å². The average Bonchev–Trinajstić information content (AvgIpc) is 2.91. The second-order valence-corrected chi connectivity index (χ2v) is 6.29. The summed E-state index contributed by atoms with van der Waals surface area (Å²) in [4.78, 5) is 1.27. The highest BCUT2D eigenvalue weighted by atomic mass is 32.2. The molecule has 1 aliphatic rings. The first-order chi connectivity index (χ1) is 10.2. The van der Waals surface area contributed by atoms with Gasteiger partial charge in [-0.05, 0) is 35.7 Å². The minimum atomic E-state index is -0.365. The molecule has 110 valence electrons. The number of hydrogen-bond donors (Lipinski definition) is 2. The first-order valence-electron chi connectivity index (χ1n) is 6.77. The van der Waals surface area contributed by atoms with Crippen LogP contribution >= 0.6 is 11.8 Å². The molecule has 0 bridgehead atoms. The van der Waals surface area contributed by atoms with Gasteiger partial charge in [0.25, 0.3) is 0 Å². The van der Waals surface area contributed by atoms with Crippen LogP contribution in [0.5, 0.6) is 5.75 Å². The Morgan fingerprint density at radius 1 is 1.33 bits per heavy atom. The largest absolute Gasteiger partial charge is 0.494 e. The molecule has 0 aliphatic carbocycles. The Kier molecular flexibility index (Phi) is 4.14. The number of thioether (sulfide) groups is 1. The quantitative estimate of drug-likeness (QED) is 0.673. The Balaban J connectivity index is 1.85. The third kappa shape index (κ3) is 2.77. The van der Waals surface area contributed by atoms with Crippen molar-refractivity contribution in [3.05, 3.63) is 59.4 Å². The molecule has 2 atom stereocenters. The zero-order valence-electron chi connectivity index (χ0n) is 11.7. The third-order valence-corrected chi connectivity index (χ3v) is 5.15. The minimum absolute atomic E-state index is 0.109. The fourth-order valence-corrected chi connectivity index (χ4v) is 4.11. The molecule has 5 heteroatoms. The van der Waals surface area contributed by atoms with E-state index in [0.29, 0.717) is 0 Å². The molecular formula is C16H17FN2OS. The highest BCUT2D eigenvalue weighted by Crippen LogP contribution is 2.42. The molecule has 0 radical (unpaired) electrons. The number of hydrazine groups is 1. The van der Waals surface area contributed by atoms with Crippen LogP contribution in [-0.4, -0.2) is 12.4 Å². The Labute approximate surface area is 127 Å². The average molecular weight is 304 g/mol. The molecule has 0 fully saturated rings. The number of fused-ring (bicyclic) bond motifs is 1. The molecule has 0 aromatic heterocycles. The SMILES string of the molecule is COc1ccc(C(NN)C2Cc3ccccc3S2)cc1F. The van der Waals surface area contributed by atoms with Crippen molar-refractivity contribution in [1.29, 1.82) is 0 Å². The van der Waals surface area contributed by atoms with Gasteiger partial charge in [0.05, 0.1) is 13.2 Å². The van der Waals surface area contributed by atoms with Gasteiger partial charge in [-0.15, -0.1) is 11.8 Å². The molecule has 0 saturated heterocycles. The molecule has 3 nitrogen and oxygen atoms in total. The monoisotopic (exact) mass is 304 g/mol. The summed E-state index contributed by atoms with van der Waals surface area (Å²) in [6.07, 6.45) is 0.920. The Bertz CT molecular complexity index is 625. The molecule has 2 aromatic carbocycles. The van der Waals surface area contributed by atoms with E-state index in [1.807, 2.05) is 18.2 Å². The first kappa shape index (κ1) is 14.4. The van der Waals surface area contributed by atoms with Gasteiger partial charge < -0.3 is 4.74 Å². The van der Waals surface area contributed by atoms with Gasteiger partial charge in [0.1, 0.15) is 0 Å². The van der Waals surface area contributed by atoms with Crippen molar-refractivity contribution in [1.82, 2.24) is 5.43 Å². The van der Waals surface area contributed by atoms with Gasteiger partial charge in [0.15, 0.2) is 11.6 Å². The summed E-state index contributed by atoms with van der Waals surface area (Å²) in [5.74, 6) is 5.61. The van der Waals surface area contributed by atoms with Crippen LogP contribution in [0, 0.1) is 5.82 Å². The number of hydrogen-bond acceptors (Lipinski definition) is 4. The highest BCUT2D eigenvalue weighted by molar-refractivity contribution is 8.00. The number of rotatable bonds is 4. The summed E-state index contributed by atoms with van der Waals surface area (Å²) in [5.41, 5.74) is 4.99. The summed E-state index contributed by atoms with van der Waals surface area (Å²) in [5, 5.41) is 0.250. The molecule has 0 spiro atoms. The zero-order chi connectivity index (χ0) is 14.8. The summed E-state index contributed by atoms with van der Waals surface area (Å²) < 4.78 is 18.9. The van der Waals surface area contributed by atoms with Crippen LogP contribution in [-0.2, 0) is 6.42 Å². The number of ether oxygens (including phenoxy) is 1. The fraction of sp³-hybridized carbons (Fsp3) is 0.250. The van der Waals surface area contributed by atoms with Crippen molar-refractivity contribution >= 4 is 11.8 Å². The fourth-order valence-electron chi connectivity index (χ4n) is 2.69. The maximum absolute atomic E-state index is 13.9. The van der Waals surface area contributed by atoms with Gasteiger partial charge in [0.2, 0.25) is 0 Å². The molecule has 21 heavy (non-hydrogen) atoms. The summed E-state index contributed by atoms with van der Waals surface area (Å²) in [7, 11) is 1.46. The smallest absolute Gasteiger partial charge is 0.165 e. The van der Waals surface area contributed by atoms with Crippen LogP contribution in [0.3, 0.4) is 0 Å². The van der Waals surface area contributed by atoms with Crippen molar-refractivity contribution in [2.45, 2.75) is 22.6 Å².